The molecule has 4 heterocycles. The number of pyridine rings is 2. The van der Waals surface area contributed by atoms with Gasteiger partial charge in [0.1, 0.15) is 0 Å². The quantitative estimate of drug-likeness (QED) is 0.197. The molecule has 0 fully saturated rings. The molecule has 9 aromatic rings. The van der Waals surface area contributed by atoms with Crippen molar-refractivity contribution in [3.8, 4) is 50.8 Å². The van der Waals surface area contributed by atoms with Crippen molar-refractivity contribution in [1.29, 1.82) is 0 Å². The minimum Gasteiger partial charge on any atom is -0.309 e. The van der Waals surface area contributed by atoms with Crippen molar-refractivity contribution in [2.24, 2.45) is 0 Å². The van der Waals surface area contributed by atoms with Crippen LogP contribution in [0.5, 0.6) is 0 Å². The standard InChI is InChI=1S/C42H27N5/c1-3-12-28(13-4-1)36-27-37(46-42(45-36)30-14-5-2-6-15-30)32-24-31(35-18-9-10-22-43-35)25-33(26-32)47-38-19-8-7-17-34(38)40-39(47)21-20-29-16-11-23-44-41(29)40/h1-27H. The van der Waals surface area contributed by atoms with Crippen molar-refractivity contribution in [2.45, 2.75) is 0 Å². The van der Waals surface area contributed by atoms with E-state index in [1.165, 1.54) is 0 Å². The molecule has 47 heavy (non-hydrogen) atoms. The zero-order valence-electron chi connectivity index (χ0n) is 25.3. The molecule has 4 aromatic heterocycles. The highest BCUT2D eigenvalue weighted by Crippen LogP contribution is 2.38. The van der Waals surface area contributed by atoms with E-state index in [-0.39, 0.29) is 0 Å². The highest BCUT2D eigenvalue weighted by atomic mass is 15.0. The van der Waals surface area contributed by atoms with Crippen molar-refractivity contribution < 1.29 is 0 Å². The van der Waals surface area contributed by atoms with E-state index >= 15 is 0 Å². The molecule has 0 aliphatic heterocycles. The topological polar surface area (TPSA) is 56.5 Å². The van der Waals surface area contributed by atoms with E-state index in [2.05, 4.69) is 102 Å². The summed E-state index contributed by atoms with van der Waals surface area (Å²) in [5.74, 6) is 0.682. The third kappa shape index (κ3) is 4.73. The average molecular weight is 602 g/mol. The zero-order valence-corrected chi connectivity index (χ0v) is 25.3. The molecule has 9 rings (SSSR count). The Bertz CT molecular complexity index is 2500. The van der Waals surface area contributed by atoms with Gasteiger partial charge in [-0.05, 0) is 54.6 Å². The molecule has 220 valence electrons. The Hall–Kier alpha value is -6.46. The number of aromatic nitrogens is 5. The molecule has 0 spiro atoms. The first-order valence-electron chi connectivity index (χ1n) is 15.6. The second kappa shape index (κ2) is 11.2. The highest BCUT2D eigenvalue weighted by Gasteiger charge is 2.18. The van der Waals surface area contributed by atoms with Crippen LogP contribution in [0.2, 0.25) is 0 Å². The SMILES string of the molecule is c1ccc(-c2cc(-c3cc(-c4ccccn4)cc(-n4c5ccccc5c5c6ncccc6ccc54)c3)nc(-c3ccccc3)n2)cc1. The van der Waals surface area contributed by atoms with E-state index < -0.39 is 0 Å². The molecule has 5 aromatic carbocycles. The first-order valence-corrected chi connectivity index (χ1v) is 15.6. The molecular weight excluding hydrogens is 574 g/mol. The minimum atomic E-state index is 0.682. The van der Waals surface area contributed by atoms with Crippen molar-refractivity contribution >= 4 is 32.7 Å². The Balaban J connectivity index is 1.34. The number of para-hydroxylation sites is 1. The lowest BCUT2D eigenvalue weighted by atomic mass is 10.0. The molecular formula is C42H27N5. The molecule has 0 aliphatic carbocycles. The minimum absolute atomic E-state index is 0.682. The number of hydrogen-bond acceptors (Lipinski definition) is 4. The van der Waals surface area contributed by atoms with E-state index in [0.717, 1.165) is 77.7 Å². The van der Waals surface area contributed by atoms with E-state index in [9.17, 15) is 0 Å². The second-order valence-corrected chi connectivity index (χ2v) is 11.6. The third-order valence-corrected chi connectivity index (χ3v) is 8.67. The Morgan fingerprint density at radius 1 is 0.426 bits per heavy atom. The molecule has 0 amide bonds. The monoisotopic (exact) mass is 601 g/mol. The maximum Gasteiger partial charge on any atom is 0.160 e. The number of nitrogens with zero attached hydrogens (tertiary/aromatic N) is 5. The fourth-order valence-electron chi connectivity index (χ4n) is 6.51. The van der Waals surface area contributed by atoms with E-state index in [1.807, 2.05) is 67.0 Å². The van der Waals surface area contributed by atoms with Crippen LogP contribution >= 0.6 is 0 Å². The first kappa shape index (κ1) is 26.9. The van der Waals surface area contributed by atoms with Crippen molar-refractivity contribution in [1.82, 2.24) is 24.5 Å². The fraction of sp³-hybridized carbons (Fsp3) is 0. The maximum atomic E-state index is 5.17. The average Bonchev–Trinajstić information content (AvgIpc) is 3.50. The van der Waals surface area contributed by atoms with Gasteiger partial charge in [0.25, 0.3) is 0 Å². The Morgan fingerprint density at radius 3 is 1.89 bits per heavy atom. The molecule has 5 heteroatoms. The summed E-state index contributed by atoms with van der Waals surface area (Å²) in [7, 11) is 0. The summed E-state index contributed by atoms with van der Waals surface area (Å²) in [4.78, 5) is 19.8. The summed E-state index contributed by atoms with van der Waals surface area (Å²) in [5.41, 5.74) is 10.8. The predicted octanol–water partition coefficient (Wildman–Crippen LogP) is 10.2. The summed E-state index contributed by atoms with van der Waals surface area (Å²) in [6, 6.07) is 52.2. The van der Waals surface area contributed by atoms with Gasteiger partial charge in [-0.25, -0.2) is 9.97 Å². The van der Waals surface area contributed by atoms with Crippen LogP contribution in [0.15, 0.2) is 164 Å². The largest absolute Gasteiger partial charge is 0.309 e. The van der Waals surface area contributed by atoms with Crippen molar-refractivity contribution in [3.05, 3.63) is 164 Å². The number of hydrogen-bond donors (Lipinski definition) is 0. The van der Waals surface area contributed by atoms with Gasteiger partial charge in [0.2, 0.25) is 0 Å². The van der Waals surface area contributed by atoms with Gasteiger partial charge in [-0.15, -0.1) is 0 Å². The molecule has 0 aliphatic rings. The molecule has 0 bridgehead atoms. The van der Waals surface area contributed by atoms with Crippen LogP contribution in [0.4, 0.5) is 0 Å². The Labute approximate surface area is 271 Å². The molecule has 5 nitrogen and oxygen atoms in total. The van der Waals surface area contributed by atoms with Gasteiger partial charge in [-0.2, -0.15) is 0 Å². The third-order valence-electron chi connectivity index (χ3n) is 8.67. The number of rotatable bonds is 5. The normalized spacial score (nSPS) is 11.4. The first-order chi connectivity index (χ1) is 23.3. The van der Waals surface area contributed by atoms with Gasteiger partial charge >= 0.3 is 0 Å². The number of fused-ring (bicyclic) bond motifs is 5. The lowest BCUT2D eigenvalue weighted by molar-refractivity contribution is 1.16. The lowest BCUT2D eigenvalue weighted by Gasteiger charge is -2.15. The van der Waals surface area contributed by atoms with Gasteiger partial charge in [0, 0.05) is 56.5 Å². The second-order valence-electron chi connectivity index (χ2n) is 11.6. The van der Waals surface area contributed by atoms with Crippen molar-refractivity contribution in [2.75, 3.05) is 0 Å². The smallest absolute Gasteiger partial charge is 0.160 e. The lowest BCUT2D eigenvalue weighted by Crippen LogP contribution is -1.99. The predicted molar refractivity (Wildman–Crippen MR) is 191 cm³/mol. The van der Waals surface area contributed by atoms with Crippen LogP contribution < -0.4 is 0 Å². The van der Waals surface area contributed by atoms with Gasteiger partial charge in [0.05, 0.1) is 33.6 Å². The Kier molecular flexibility index (Phi) is 6.39. The van der Waals surface area contributed by atoms with Gasteiger partial charge in [-0.3, -0.25) is 9.97 Å². The Morgan fingerprint density at radius 2 is 1.11 bits per heavy atom. The van der Waals surface area contributed by atoms with Gasteiger partial charge in [0.15, 0.2) is 5.82 Å². The van der Waals surface area contributed by atoms with Crippen LogP contribution in [-0.2, 0) is 0 Å². The molecule has 0 radical (unpaired) electrons. The number of benzene rings is 5. The summed E-state index contributed by atoms with van der Waals surface area (Å²) in [6.45, 7) is 0. The van der Waals surface area contributed by atoms with Crippen LogP contribution in [0.3, 0.4) is 0 Å². The van der Waals surface area contributed by atoms with Crippen LogP contribution in [0, 0.1) is 0 Å². The van der Waals surface area contributed by atoms with Gasteiger partial charge < -0.3 is 4.57 Å². The van der Waals surface area contributed by atoms with Gasteiger partial charge in [-0.1, -0.05) is 97.1 Å². The summed E-state index contributed by atoms with van der Waals surface area (Å²) >= 11 is 0. The fourth-order valence-corrected chi connectivity index (χ4v) is 6.51. The van der Waals surface area contributed by atoms with Crippen LogP contribution in [-0.4, -0.2) is 24.5 Å². The zero-order chi connectivity index (χ0) is 31.2. The summed E-state index contributed by atoms with van der Waals surface area (Å²) in [5, 5.41) is 3.42. The molecule has 0 N–H and O–H groups in total. The van der Waals surface area contributed by atoms with Crippen molar-refractivity contribution in [3.63, 3.8) is 0 Å². The van der Waals surface area contributed by atoms with Crippen LogP contribution in [0.25, 0.3) is 83.6 Å². The molecule has 0 atom stereocenters. The maximum absolute atomic E-state index is 5.17. The molecule has 0 saturated heterocycles. The summed E-state index contributed by atoms with van der Waals surface area (Å²) in [6.07, 6.45) is 3.71. The van der Waals surface area contributed by atoms with E-state index in [1.54, 1.807) is 0 Å². The molecule has 0 saturated carbocycles. The summed E-state index contributed by atoms with van der Waals surface area (Å²) < 4.78 is 2.34. The highest BCUT2D eigenvalue weighted by molar-refractivity contribution is 6.20. The molecule has 0 unspecified atom stereocenters. The van der Waals surface area contributed by atoms with E-state index in [0.29, 0.717) is 5.82 Å². The van der Waals surface area contributed by atoms with E-state index in [4.69, 9.17) is 19.9 Å². The van der Waals surface area contributed by atoms with Crippen LogP contribution in [0.1, 0.15) is 0 Å².